The second kappa shape index (κ2) is 6.65. The largest absolute Gasteiger partial charge is 0.485 e. The van der Waals surface area contributed by atoms with Gasteiger partial charge in [-0.15, -0.1) is 0 Å². The molecule has 0 saturated carbocycles. The van der Waals surface area contributed by atoms with Gasteiger partial charge in [0, 0.05) is 24.8 Å². The van der Waals surface area contributed by atoms with Crippen molar-refractivity contribution in [3.8, 4) is 5.75 Å². The highest BCUT2D eigenvalue weighted by Crippen LogP contribution is 2.18. The molecule has 0 atom stereocenters. The van der Waals surface area contributed by atoms with Gasteiger partial charge in [0.15, 0.2) is 5.84 Å². The molecule has 1 fully saturated rings. The molecular formula is C13H18N4O3. The predicted molar refractivity (Wildman–Crippen MR) is 75.2 cm³/mol. The number of rotatable bonds is 4. The first-order chi connectivity index (χ1) is 9.69. The summed E-state index contributed by atoms with van der Waals surface area (Å²) in [6.07, 6.45) is 2.10. The van der Waals surface area contributed by atoms with Crippen LogP contribution in [0.25, 0.3) is 0 Å². The van der Waals surface area contributed by atoms with Crippen LogP contribution in [-0.4, -0.2) is 41.7 Å². The number of amides is 2. The summed E-state index contributed by atoms with van der Waals surface area (Å²) in [5.41, 5.74) is 5.97. The Balaban J connectivity index is 1.93. The van der Waals surface area contributed by atoms with Gasteiger partial charge in [0.2, 0.25) is 0 Å². The minimum Gasteiger partial charge on any atom is -0.485 e. The number of anilines is 1. The number of nitrogens with two attached hydrogens (primary N) is 1. The van der Waals surface area contributed by atoms with E-state index in [2.05, 4.69) is 10.5 Å². The van der Waals surface area contributed by atoms with Crippen LogP contribution >= 0.6 is 0 Å². The molecule has 1 aliphatic heterocycles. The van der Waals surface area contributed by atoms with E-state index in [0.717, 1.165) is 25.9 Å². The van der Waals surface area contributed by atoms with Gasteiger partial charge in [-0.3, -0.25) is 0 Å². The third kappa shape index (κ3) is 3.78. The molecule has 2 rings (SSSR count). The van der Waals surface area contributed by atoms with Crippen LogP contribution < -0.4 is 15.8 Å². The number of hydrogen-bond acceptors (Lipinski definition) is 4. The maximum absolute atomic E-state index is 11.9. The third-order valence-corrected chi connectivity index (χ3v) is 2.99. The first-order valence-electron chi connectivity index (χ1n) is 6.44. The molecule has 4 N–H and O–H groups in total. The first-order valence-corrected chi connectivity index (χ1v) is 6.44. The SMILES string of the molecule is NC(COc1cccc(NC(=O)N2CCCC2)c1)=NO. The van der Waals surface area contributed by atoms with Crippen molar-refractivity contribution in [1.82, 2.24) is 4.90 Å². The zero-order valence-corrected chi connectivity index (χ0v) is 11.1. The Hall–Kier alpha value is -2.44. The minimum absolute atomic E-state index is 0.0139. The monoisotopic (exact) mass is 278 g/mol. The Kier molecular flexibility index (Phi) is 4.65. The van der Waals surface area contributed by atoms with E-state index >= 15 is 0 Å². The van der Waals surface area contributed by atoms with Crippen LogP contribution in [-0.2, 0) is 0 Å². The number of carbonyl (C=O) groups is 1. The van der Waals surface area contributed by atoms with Crippen LogP contribution in [0.4, 0.5) is 10.5 Å². The predicted octanol–water partition coefficient (Wildman–Crippen LogP) is 1.44. The average molecular weight is 278 g/mol. The highest BCUT2D eigenvalue weighted by atomic mass is 16.5. The topological polar surface area (TPSA) is 100 Å². The third-order valence-electron chi connectivity index (χ3n) is 2.99. The Morgan fingerprint density at radius 2 is 2.20 bits per heavy atom. The summed E-state index contributed by atoms with van der Waals surface area (Å²) in [4.78, 5) is 13.7. The molecular weight excluding hydrogens is 260 g/mol. The van der Waals surface area contributed by atoms with Crippen LogP contribution in [0, 0.1) is 0 Å². The molecule has 0 spiro atoms. The van der Waals surface area contributed by atoms with E-state index in [1.165, 1.54) is 0 Å². The molecule has 1 saturated heterocycles. The van der Waals surface area contributed by atoms with Gasteiger partial charge in [-0.1, -0.05) is 11.2 Å². The number of likely N-dealkylation sites (tertiary alicyclic amines) is 1. The number of ether oxygens (including phenoxy) is 1. The summed E-state index contributed by atoms with van der Waals surface area (Å²) in [6, 6.07) is 6.87. The van der Waals surface area contributed by atoms with Crippen molar-refractivity contribution >= 4 is 17.6 Å². The lowest BCUT2D eigenvalue weighted by Gasteiger charge is -2.16. The van der Waals surface area contributed by atoms with Crippen molar-refractivity contribution < 1.29 is 14.7 Å². The van der Waals surface area contributed by atoms with Gasteiger partial charge < -0.3 is 25.9 Å². The van der Waals surface area contributed by atoms with Crippen molar-refractivity contribution in [3.05, 3.63) is 24.3 Å². The van der Waals surface area contributed by atoms with Crippen molar-refractivity contribution in [2.24, 2.45) is 10.9 Å². The molecule has 0 bridgehead atoms. The Morgan fingerprint density at radius 1 is 1.45 bits per heavy atom. The summed E-state index contributed by atoms with van der Waals surface area (Å²) < 4.78 is 5.33. The number of hydrogen-bond donors (Lipinski definition) is 3. The number of nitrogens with one attached hydrogen (secondary N) is 1. The van der Waals surface area contributed by atoms with E-state index in [4.69, 9.17) is 15.7 Å². The maximum atomic E-state index is 11.9. The number of nitrogens with zero attached hydrogens (tertiary/aromatic N) is 2. The summed E-state index contributed by atoms with van der Waals surface area (Å²) in [7, 11) is 0. The van der Waals surface area contributed by atoms with Gasteiger partial charge in [0.25, 0.3) is 0 Å². The van der Waals surface area contributed by atoms with Crippen molar-refractivity contribution in [2.45, 2.75) is 12.8 Å². The lowest BCUT2D eigenvalue weighted by molar-refractivity contribution is 0.222. The Labute approximate surface area is 117 Å². The fraction of sp³-hybridized carbons (Fsp3) is 0.385. The van der Waals surface area contributed by atoms with Crippen LogP contribution in [0.5, 0.6) is 5.75 Å². The number of urea groups is 1. The molecule has 0 aliphatic carbocycles. The molecule has 2 amide bonds. The van der Waals surface area contributed by atoms with Gasteiger partial charge in [-0.05, 0) is 25.0 Å². The lowest BCUT2D eigenvalue weighted by Crippen LogP contribution is -2.32. The molecule has 1 aliphatic rings. The molecule has 7 nitrogen and oxygen atoms in total. The van der Waals surface area contributed by atoms with E-state index in [9.17, 15) is 4.79 Å². The first kappa shape index (κ1) is 14.0. The Bertz CT molecular complexity index is 498. The number of amidine groups is 1. The van der Waals surface area contributed by atoms with Crippen LogP contribution in [0.3, 0.4) is 0 Å². The van der Waals surface area contributed by atoms with Crippen LogP contribution in [0.2, 0.25) is 0 Å². The second-order valence-corrected chi connectivity index (χ2v) is 4.53. The van der Waals surface area contributed by atoms with Gasteiger partial charge >= 0.3 is 6.03 Å². The molecule has 7 heteroatoms. The number of carbonyl (C=O) groups excluding carboxylic acids is 1. The quantitative estimate of drug-likeness (QED) is 0.336. The summed E-state index contributed by atoms with van der Waals surface area (Å²) in [5, 5.41) is 14.1. The van der Waals surface area contributed by atoms with Crippen molar-refractivity contribution in [3.63, 3.8) is 0 Å². The second-order valence-electron chi connectivity index (χ2n) is 4.53. The van der Waals surface area contributed by atoms with Crippen LogP contribution in [0.1, 0.15) is 12.8 Å². The van der Waals surface area contributed by atoms with Crippen molar-refractivity contribution in [2.75, 3.05) is 25.0 Å². The van der Waals surface area contributed by atoms with Gasteiger partial charge in [0.05, 0.1) is 0 Å². The maximum Gasteiger partial charge on any atom is 0.321 e. The fourth-order valence-corrected chi connectivity index (χ4v) is 1.97. The van der Waals surface area contributed by atoms with Crippen LogP contribution in [0.15, 0.2) is 29.4 Å². The molecule has 1 aromatic rings. The highest BCUT2D eigenvalue weighted by Gasteiger charge is 2.17. The molecule has 1 aromatic carbocycles. The number of benzene rings is 1. The van der Waals surface area contributed by atoms with E-state index in [1.54, 1.807) is 29.2 Å². The molecule has 108 valence electrons. The summed E-state index contributed by atoms with van der Waals surface area (Å²) >= 11 is 0. The standard InChI is InChI=1S/C13H18N4O3/c14-12(16-19)9-20-11-5-3-4-10(8-11)15-13(18)17-6-1-2-7-17/h3-5,8,19H,1-2,6-7,9H2,(H2,14,16)(H,15,18). The summed E-state index contributed by atoms with van der Waals surface area (Å²) in [5.74, 6) is 0.521. The van der Waals surface area contributed by atoms with E-state index < -0.39 is 0 Å². The van der Waals surface area contributed by atoms with Crippen molar-refractivity contribution in [1.29, 1.82) is 0 Å². The molecule has 0 aromatic heterocycles. The van der Waals surface area contributed by atoms with Gasteiger partial charge in [-0.2, -0.15) is 0 Å². The Morgan fingerprint density at radius 3 is 2.90 bits per heavy atom. The minimum atomic E-state index is -0.101. The molecule has 20 heavy (non-hydrogen) atoms. The molecule has 1 heterocycles. The lowest BCUT2D eigenvalue weighted by atomic mass is 10.3. The molecule has 0 unspecified atom stereocenters. The smallest absolute Gasteiger partial charge is 0.321 e. The molecule has 0 radical (unpaired) electrons. The highest BCUT2D eigenvalue weighted by molar-refractivity contribution is 5.89. The zero-order valence-electron chi connectivity index (χ0n) is 11.1. The summed E-state index contributed by atoms with van der Waals surface area (Å²) in [6.45, 7) is 1.58. The van der Waals surface area contributed by atoms with Gasteiger partial charge in [-0.25, -0.2) is 4.79 Å². The van der Waals surface area contributed by atoms with E-state index in [0.29, 0.717) is 11.4 Å². The van der Waals surface area contributed by atoms with E-state index in [1.807, 2.05) is 0 Å². The zero-order chi connectivity index (χ0) is 14.4. The number of oxime groups is 1. The normalized spacial score (nSPS) is 15.2. The van der Waals surface area contributed by atoms with Gasteiger partial charge in [0.1, 0.15) is 12.4 Å². The van der Waals surface area contributed by atoms with E-state index in [-0.39, 0.29) is 18.5 Å². The fourth-order valence-electron chi connectivity index (χ4n) is 1.97. The average Bonchev–Trinajstić information content (AvgIpc) is 2.99.